The Morgan fingerprint density at radius 2 is 2.03 bits per heavy atom. The van der Waals surface area contributed by atoms with Gasteiger partial charge < -0.3 is 10.1 Å². The number of nitrogens with one attached hydrogen (secondary N) is 1. The first kappa shape index (κ1) is 18.1. The monoisotopic (exact) mass is 451 g/mol. The van der Waals surface area contributed by atoms with E-state index in [0.29, 0.717) is 19.0 Å². The van der Waals surface area contributed by atoms with Gasteiger partial charge in [-0.1, -0.05) is 45.3 Å². The quantitative estimate of drug-likeness (QED) is 0.644. The fraction of sp³-hybridized carbons (Fsp3) is 0.238. The van der Waals surface area contributed by atoms with Crippen molar-refractivity contribution in [3.63, 3.8) is 0 Å². The number of carbonyl (C=O) groups excluding carboxylic acids is 1. The van der Waals surface area contributed by atoms with Gasteiger partial charge in [0.25, 0.3) is 0 Å². The molecule has 2 aliphatic rings. The first-order chi connectivity index (χ1) is 14.2. The van der Waals surface area contributed by atoms with Crippen LogP contribution in [-0.4, -0.2) is 26.0 Å². The first-order valence-electron chi connectivity index (χ1n) is 9.47. The van der Waals surface area contributed by atoms with Crippen LogP contribution in [0.3, 0.4) is 0 Å². The molecule has 7 nitrogen and oxygen atoms in total. The smallest absolute Gasteiger partial charge is 0.248 e. The van der Waals surface area contributed by atoms with Gasteiger partial charge in [0.2, 0.25) is 5.95 Å². The lowest BCUT2D eigenvalue weighted by Gasteiger charge is -2.31. The Bertz CT molecular complexity index is 1110. The number of fused-ring (bicyclic) bond motifs is 1. The largest absolute Gasteiger partial charge is 0.489 e. The molecule has 2 heterocycles. The Morgan fingerprint density at radius 3 is 2.86 bits per heavy atom. The van der Waals surface area contributed by atoms with Gasteiger partial charge in [-0.15, -0.1) is 0 Å². The fourth-order valence-corrected chi connectivity index (χ4v) is 4.31. The summed E-state index contributed by atoms with van der Waals surface area (Å²) in [5.74, 6) is 1.49. The Morgan fingerprint density at radius 1 is 1.17 bits per heavy atom. The maximum atomic E-state index is 12.7. The summed E-state index contributed by atoms with van der Waals surface area (Å²) in [5, 5.41) is 15.2. The average Bonchev–Trinajstić information content (AvgIpc) is 3.20. The minimum Gasteiger partial charge on any atom is -0.489 e. The van der Waals surface area contributed by atoms with Crippen LogP contribution in [0.1, 0.15) is 36.4 Å². The van der Waals surface area contributed by atoms with Crippen molar-refractivity contribution in [2.24, 2.45) is 0 Å². The third-order valence-corrected chi connectivity index (χ3v) is 5.71. The number of hydrogen-bond donors (Lipinski definition) is 1. The number of carbonyl (C=O) groups is 1. The van der Waals surface area contributed by atoms with E-state index < -0.39 is 0 Å². The topological polar surface area (TPSA) is 81.9 Å². The molecular weight excluding hydrogens is 434 g/mol. The highest BCUT2D eigenvalue weighted by Crippen LogP contribution is 2.39. The Kier molecular flexibility index (Phi) is 4.63. The molecule has 1 aromatic heterocycles. The first-order valence-corrected chi connectivity index (χ1v) is 10.3. The molecule has 0 amide bonds. The summed E-state index contributed by atoms with van der Waals surface area (Å²) in [7, 11) is 0. The molecule has 0 saturated heterocycles. The predicted molar refractivity (Wildman–Crippen MR) is 110 cm³/mol. The molecule has 8 heteroatoms. The van der Waals surface area contributed by atoms with Gasteiger partial charge in [-0.2, -0.15) is 4.68 Å². The number of ketones is 1. The Hall–Kier alpha value is -3.00. The minimum absolute atomic E-state index is 0.153. The number of tetrazole rings is 1. The second kappa shape index (κ2) is 7.44. The van der Waals surface area contributed by atoms with Gasteiger partial charge in [0.15, 0.2) is 5.78 Å². The average molecular weight is 452 g/mol. The lowest BCUT2D eigenvalue weighted by Crippen LogP contribution is -2.31. The minimum atomic E-state index is -0.317. The Labute approximate surface area is 175 Å². The molecule has 1 atom stereocenters. The van der Waals surface area contributed by atoms with Crippen molar-refractivity contribution in [2.75, 3.05) is 5.32 Å². The molecule has 0 saturated carbocycles. The number of ether oxygens (including phenoxy) is 1. The van der Waals surface area contributed by atoms with Crippen LogP contribution < -0.4 is 10.1 Å². The standard InChI is InChI=1S/C21H18BrN5O2/c22-15-4-1-3-13(11-15)12-29-16-9-7-14(8-10-16)20-19-17(5-2-6-18(19)28)23-21-24-25-26-27(20)21/h1,3-4,7-11,20H,2,5-6,12H2,(H,23,24,26). The van der Waals surface area contributed by atoms with Gasteiger partial charge in [-0.25, -0.2) is 0 Å². The molecule has 3 aromatic rings. The number of hydrogen-bond acceptors (Lipinski definition) is 6. The molecule has 1 aliphatic carbocycles. The summed E-state index contributed by atoms with van der Waals surface area (Å²) in [5.41, 5.74) is 3.74. The lowest BCUT2D eigenvalue weighted by molar-refractivity contribution is -0.116. The number of aromatic nitrogens is 4. The van der Waals surface area contributed by atoms with Crippen LogP contribution in [0.25, 0.3) is 0 Å². The lowest BCUT2D eigenvalue weighted by atomic mass is 9.85. The van der Waals surface area contributed by atoms with Gasteiger partial charge in [0.1, 0.15) is 18.4 Å². The summed E-state index contributed by atoms with van der Waals surface area (Å²) in [6, 6.07) is 15.5. The van der Waals surface area contributed by atoms with E-state index in [9.17, 15) is 4.79 Å². The molecule has 146 valence electrons. The highest BCUT2D eigenvalue weighted by Gasteiger charge is 2.36. The number of rotatable bonds is 4. The summed E-state index contributed by atoms with van der Waals surface area (Å²) in [4.78, 5) is 12.7. The second-order valence-corrected chi connectivity index (χ2v) is 8.05. The predicted octanol–water partition coefficient (Wildman–Crippen LogP) is 4.04. The van der Waals surface area contributed by atoms with E-state index in [1.54, 1.807) is 4.68 Å². The number of allylic oxidation sites excluding steroid dienone is 2. The maximum absolute atomic E-state index is 12.7. The van der Waals surface area contributed by atoms with Crippen molar-refractivity contribution in [1.82, 2.24) is 20.2 Å². The number of halogens is 1. The molecule has 0 radical (unpaired) electrons. The van der Waals surface area contributed by atoms with Crippen LogP contribution in [0.15, 0.2) is 64.3 Å². The van der Waals surface area contributed by atoms with Crippen LogP contribution in [0.5, 0.6) is 5.75 Å². The highest BCUT2D eigenvalue weighted by atomic mass is 79.9. The highest BCUT2D eigenvalue weighted by molar-refractivity contribution is 9.10. The number of nitrogens with zero attached hydrogens (tertiary/aromatic N) is 4. The van der Waals surface area contributed by atoms with Gasteiger partial charge in [-0.05, 0) is 58.7 Å². The van der Waals surface area contributed by atoms with Gasteiger partial charge in [0.05, 0.1) is 0 Å². The van der Waals surface area contributed by atoms with Crippen LogP contribution in [0.4, 0.5) is 5.95 Å². The SMILES string of the molecule is O=C1CCCC2=C1C(c1ccc(OCc3cccc(Br)c3)cc1)n1nnnc1N2. The Balaban J connectivity index is 1.42. The number of benzene rings is 2. The van der Waals surface area contributed by atoms with E-state index in [0.717, 1.165) is 45.5 Å². The molecule has 0 fully saturated rings. The molecule has 29 heavy (non-hydrogen) atoms. The van der Waals surface area contributed by atoms with Crippen molar-refractivity contribution >= 4 is 27.7 Å². The molecule has 0 spiro atoms. The number of anilines is 1. The van der Waals surface area contributed by atoms with Gasteiger partial charge in [-0.3, -0.25) is 4.79 Å². The van der Waals surface area contributed by atoms with E-state index >= 15 is 0 Å². The molecule has 1 N–H and O–H groups in total. The van der Waals surface area contributed by atoms with Crippen LogP contribution in [0, 0.1) is 0 Å². The van der Waals surface area contributed by atoms with Crippen molar-refractivity contribution in [2.45, 2.75) is 31.9 Å². The van der Waals surface area contributed by atoms with Gasteiger partial charge >= 0.3 is 0 Å². The van der Waals surface area contributed by atoms with E-state index in [-0.39, 0.29) is 11.8 Å². The number of Topliss-reactive ketones (excluding diaryl/α,β-unsaturated/α-hetero) is 1. The fourth-order valence-electron chi connectivity index (χ4n) is 3.87. The van der Waals surface area contributed by atoms with Crippen LogP contribution in [-0.2, 0) is 11.4 Å². The van der Waals surface area contributed by atoms with Gasteiger partial charge in [0, 0.05) is 22.2 Å². The van der Waals surface area contributed by atoms with Crippen LogP contribution >= 0.6 is 15.9 Å². The summed E-state index contributed by atoms with van der Waals surface area (Å²) < 4.78 is 8.62. The zero-order valence-corrected chi connectivity index (χ0v) is 17.1. The summed E-state index contributed by atoms with van der Waals surface area (Å²) >= 11 is 3.47. The maximum Gasteiger partial charge on any atom is 0.248 e. The van der Waals surface area contributed by atoms with Crippen molar-refractivity contribution in [3.05, 3.63) is 75.4 Å². The third-order valence-electron chi connectivity index (χ3n) is 5.22. The summed E-state index contributed by atoms with van der Waals surface area (Å²) in [6.07, 6.45) is 2.24. The van der Waals surface area contributed by atoms with Crippen molar-refractivity contribution in [3.8, 4) is 5.75 Å². The van der Waals surface area contributed by atoms with Crippen LogP contribution in [0.2, 0.25) is 0 Å². The molecule has 5 rings (SSSR count). The second-order valence-electron chi connectivity index (χ2n) is 7.13. The van der Waals surface area contributed by atoms with Crippen molar-refractivity contribution in [1.29, 1.82) is 0 Å². The molecule has 0 bridgehead atoms. The normalized spacial score (nSPS) is 18.1. The molecule has 1 unspecified atom stereocenters. The van der Waals surface area contributed by atoms with E-state index in [1.165, 1.54) is 0 Å². The van der Waals surface area contributed by atoms with E-state index in [2.05, 4.69) is 36.8 Å². The molecular formula is C21H18BrN5O2. The molecule has 1 aliphatic heterocycles. The zero-order chi connectivity index (χ0) is 19.8. The van der Waals surface area contributed by atoms with Crippen molar-refractivity contribution < 1.29 is 9.53 Å². The van der Waals surface area contributed by atoms with E-state index in [4.69, 9.17) is 4.74 Å². The summed E-state index contributed by atoms with van der Waals surface area (Å²) in [6.45, 7) is 0.483. The van der Waals surface area contributed by atoms with E-state index in [1.807, 2.05) is 48.5 Å². The third kappa shape index (κ3) is 3.44. The molecule has 2 aromatic carbocycles. The zero-order valence-electron chi connectivity index (χ0n) is 15.5.